The second kappa shape index (κ2) is 16.8. The maximum Gasteiger partial charge on any atom is 0.305 e. The number of anilines is 1. The Morgan fingerprint density at radius 1 is 0.937 bits per heavy atom. The molecule has 12 nitrogen and oxygen atoms in total. The maximum absolute atomic E-state index is 13.2. The fourth-order valence-electron chi connectivity index (χ4n) is 11.4. The van der Waals surface area contributed by atoms with Crippen LogP contribution in [0.3, 0.4) is 0 Å². The minimum absolute atomic E-state index is 0.0761. The van der Waals surface area contributed by atoms with Gasteiger partial charge in [-0.05, 0) is 147 Å². The summed E-state index contributed by atoms with van der Waals surface area (Å²) in [5.41, 5.74) is 10.4. The van der Waals surface area contributed by atoms with Crippen LogP contribution in [0, 0.1) is 23.2 Å². The molecular weight excluding hydrogens is 827 g/mol. The van der Waals surface area contributed by atoms with Gasteiger partial charge in [-0.25, -0.2) is 15.0 Å². The number of unbranched alkanes of at least 4 members (excludes halogenated alkanes) is 2. The van der Waals surface area contributed by atoms with E-state index in [0.717, 1.165) is 37.9 Å². The second-order valence-corrected chi connectivity index (χ2v) is 33.0. The van der Waals surface area contributed by atoms with Gasteiger partial charge in [-0.15, -0.1) is 0 Å². The van der Waals surface area contributed by atoms with Gasteiger partial charge in [0, 0.05) is 6.42 Å². The molecule has 0 radical (unpaired) electrons. The van der Waals surface area contributed by atoms with Crippen LogP contribution in [-0.4, -0.2) is 78.9 Å². The average molecular weight is 904 g/mol. The van der Waals surface area contributed by atoms with Crippen LogP contribution in [0.5, 0.6) is 5.75 Å². The number of fused-ring (bicyclic) bond motifs is 7. The lowest BCUT2D eigenvalue weighted by molar-refractivity contribution is -0.202. The molecule has 0 bridgehead atoms. The highest BCUT2D eigenvalue weighted by atomic mass is 28.4. The van der Waals surface area contributed by atoms with Crippen LogP contribution < -0.4 is 10.2 Å². The van der Waals surface area contributed by atoms with Crippen LogP contribution in [0.4, 0.5) is 5.82 Å². The number of nitrogens with two attached hydrogens (primary N) is 1. The molecule has 2 N–H and O–H groups in total. The number of rotatable bonds is 13. The number of aryl methyl sites for hydroxylation is 1. The van der Waals surface area contributed by atoms with Crippen molar-refractivity contribution < 1.29 is 32.6 Å². The van der Waals surface area contributed by atoms with Gasteiger partial charge in [0.2, 0.25) is 8.32 Å². The zero-order chi connectivity index (χ0) is 45.5. The summed E-state index contributed by atoms with van der Waals surface area (Å²) in [5.74, 6) is 2.79. The predicted octanol–water partition coefficient (Wildman–Crippen LogP) is 10.9. The van der Waals surface area contributed by atoms with E-state index >= 15 is 0 Å². The number of carbonyl (C=O) groups is 1. The molecule has 63 heavy (non-hydrogen) atoms. The maximum atomic E-state index is 13.2. The molecule has 2 aromatic heterocycles. The number of nitrogens with zero attached hydrogens (tertiary/aromatic N) is 4. The van der Waals surface area contributed by atoms with Gasteiger partial charge in [0.1, 0.15) is 42.5 Å². The molecule has 0 spiro atoms. The molecule has 348 valence electrons. The van der Waals surface area contributed by atoms with Gasteiger partial charge in [0.25, 0.3) is 0 Å². The number of esters is 1. The standard InChI is InChI=1S/C49H77N5O7Si2/c1-46(2,3)62(10,11)60-32-20-22-33-30(25-32)19-21-35-34(33)23-24-49(9)36(35)26-31(42(49)61-63(12,13)47(4,5)6)17-15-14-16-18-38(55)56-27-37-40-41(59-48(7,8)58-40)45(57-37)54-29-53-39-43(50)51-28-52-44(39)54/h20,22,25,28-29,31,34-37,40-42,45H,14-19,21,23-24,26-27H2,1-13H3,(H2,50,51,52)/t31?,34-,35-,36+,37-,40-,41-,42+,45-,49+/m1/s1. The van der Waals surface area contributed by atoms with Crippen LogP contribution in [0.15, 0.2) is 30.9 Å². The van der Waals surface area contributed by atoms with Crippen molar-refractivity contribution in [2.45, 2.75) is 205 Å². The van der Waals surface area contributed by atoms with Crippen molar-refractivity contribution in [1.82, 2.24) is 19.5 Å². The monoisotopic (exact) mass is 904 g/mol. The highest BCUT2D eigenvalue weighted by molar-refractivity contribution is 6.75. The quantitative estimate of drug-likeness (QED) is 0.0995. The van der Waals surface area contributed by atoms with E-state index in [1.807, 2.05) is 13.8 Å². The fourth-order valence-corrected chi connectivity index (χ4v) is 13.8. The number of nitrogen functional groups attached to an aromatic ring is 1. The van der Waals surface area contributed by atoms with Crippen LogP contribution in [0.25, 0.3) is 11.2 Å². The number of ether oxygens (including phenoxy) is 4. The number of imidazole rings is 1. The van der Waals surface area contributed by atoms with Gasteiger partial charge < -0.3 is 33.5 Å². The number of carbonyl (C=O) groups excluding carboxylic acids is 1. The first-order chi connectivity index (χ1) is 29.4. The van der Waals surface area contributed by atoms with Crippen molar-refractivity contribution >= 4 is 39.6 Å². The largest absolute Gasteiger partial charge is 0.543 e. The fraction of sp³-hybridized carbons (Fsp3) is 0.755. The molecular formula is C49H77N5O7Si2. The van der Waals surface area contributed by atoms with Gasteiger partial charge >= 0.3 is 5.97 Å². The summed E-state index contributed by atoms with van der Waals surface area (Å²) in [6, 6.07) is 7.09. The van der Waals surface area contributed by atoms with Gasteiger partial charge in [-0.1, -0.05) is 67.4 Å². The molecule has 1 aromatic carbocycles. The van der Waals surface area contributed by atoms with Gasteiger partial charge in [-0.3, -0.25) is 9.36 Å². The molecule has 3 aliphatic carbocycles. The Hall–Kier alpha value is -2.89. The van der Waals surface area contributed by atoms with E-state index in [2.05, 4.69) is 108 Å². The summed E-state index contributed by atoms with van der Waals surface area (Å²) in [5, 5.41) is 0.315. The normalized spacial score (nSPS) is 31.7. The summed E-state index contributed by atoms with van der Waals surface area (Å²) in [4.78, 5) is 26.1. The molecule has 4 heterocycles. The first kappa shape index (κ1) is 46.6. The minimum atomic E-state index is -2.03. The molecule has 1 unspecified atom stereocenters. The first-order valence-corrected chi connectivity index (χ1v) is 29.8. The summed E-state index contributed by atoms with van der Waals surface area (Å²) < 4.78 is 41.0. The predicted molar refractivity (Wildman–Crippen MR) is 251 cm³/mol. The Kier molecular flexibility index (Phi) is 12.4. The topological polar surface area (TPSA) is 142 Å². The molecule has 2 saturated carbocycles. The number of hydrogen-bond acceptors (Lipinski definition) is 11. The van der Waals surface area contributed by atoms with Crippen molar-refractivity contribution in [3.63, 3.8) is 0 Å². The minimum Gasteiger partial charge on any atom is -0.543 e. The van der Waals surface area contributed by atoms with Gasteiger partial charge in [-0.2, -0.15) is 0 Å². The van der Waals surface area contributed by atoms with Crippen LogP contribution in [0.1, 0.15) is 143 Å². The molecule has 3 aromatic rings. The van der Waals surface area contributed by atoms with E-state index in [9.17, 15) is 4.79 Å². The summed E-state index contributed by atoms with van der Waals surface area (Å²) in [6.07, 6.45) is 11.8. The summed E-state index contributed by atoms with van der Waals surface area (Å²) in [6.45, 7) is 30.1. The lowest BCUT2D eigenvalue weighted by Gasteiger charge is -2.52. The zero-order valence-corrected chi connectivity index (χ0v) is 42.6. The Bertz CT molecular complexity index is 2150. The van der Waals surface area contributed by atoms with E-state index in [1.165, 1.54) is 37.6 Å². The molecule has 2 saturated heterocycles. The molecule has 14 heteroatoms. The third-order valence-corrected chi connectivity index (χ3v) is 25.6. The van der Waals surface area contributed by atoms with E-state index in [0.29, 0.717) is 47.1 Å². The number of benzene rings is 1. The molecule has 4 fully saturated rings. The highest BCUT2D eigenvalue weighted by Gasteiger charge is 2.60. The van der Waals surface area contributed by atoms with Crippen molar-refractivity contribution in [1.29, 1.82) is 0 Å². The molecule has 10 atom stereocenters. The van der Waals surface area contributed by atoms with E-state index in [4.69, 9.17) is 33.5 Å². The lowest BCUT2D eigenvalue weighted by Crippen LogP contribution is -2.51. The Morgan fingerprint density at radius 2 is 1.67 bits per heavy atom. The second-order valence-electron chi connectivity index (χ2n) is 23.5. The SMILES string of the molecule is CC1(C)O[C@@H]2[C@H](O1)[C@@H](COC(=O)CCCCCC1C[C@H]3[C@@H]4CCc5cc(O[Si](C)(C)C(C)(C)C)ccc5[C@H]4CC[C@]3(C)[C@H]1O[Si](C)(C)C(C)(C)C)O[C@H]2n1cnc2c(N)ncnc21. The Balaban J connectivity index is 0.878. The van der Waals surface area contributed by atoms with E-state index in [1.54, 1.807) is 16.5 Å². The Morgan fingerprint density at radius 3 is 2.40 bits per heavy atom. The summed E-state index contributed by atoms with van der Waals surface area (Å²) >= 11 is 0. The molecule has 5 aliphatic rings. The zero-order valence-electron chi connectivity index (χ0n) is 40.6. The van der Waals surface area contributed by atoms with E-state index in [-0.39, 0.29) is 34.2 Å². The third-order valence-electron chi connectivity index (χ3n) is 16.8. The van der Waals surface area contributed by atoms with Gasteiger partial charge in [0.05, 0.1) is 12.4 Å². The third kappa shape index (κ3) is 8.91. The van der Waals surface area contributed by atoms with Crippen LogP contribution >= 0.6 is 0 Å². The molecule has 8 rings (SSSR count). The highest BCUT2D eigenvalue weighted by Crippen LogP contribution is 2.64. The van der Waals surface area contributed by atoms with Crippen LogP contribution in [-0.2, 0) is 34.6 Å². The summed E-state index contributed by atoms with van der Waals surface area (Å²) in [7, 11) is -3.94. The van der Waals surface area contributed by atoms with Crippen molar-refractivity contribution in [2.24, 2.45) is 23.2 Å². The van der Waals surface area contributed by atoms with Crippen molar-refractivity contribution in [3.05, 3.63) is 42.0 Å². The molecule has 0 amide bonds. The van der Waals surface area contributed by atoms with Crippen LogP contribution in [0.2, 0.25) is 36.3 Å². The van der Waals surface area contributed by atoms with Gasteiger partial charge in [0.15, 0.2) is 31.8 Å². The first-order valence-electron chi connectivity index (χ1n) is 24.0. The molecule has 2 aliphatic heterocycles. The number of hydrogen-bond donors (Lipinski definition) is 1. The smallest absolute Gasteiger partial charge is 0.305 e. The lowest BCUT2D eigenvalue weighted by atomic mass is 9.55. The number of aromatic nitrogens is 4. The van der Waals surface area contributed by atoms with E-state index < -0.39 is 47.0 Å². The average Bonchev–Trinajstić information content (AvgIpc) is 3.92. The van der Waals surface area contributed by atoms with Crippen molar-refractivity contribution in [3.8, 4) is 5.75 Å². The Labute approximate surface area is 378 Å². The van der Waals surface area contributed by atoms with Crippen molar-refractivity contribution in [2.75, 3.05) is 12.3 Å².